The summed E-state index contributed by atoms with van der Waals surface area (Å²) in [4.78, 5) is 10.7. The molecular weight excluding hydrogens is 130 g/mol. The molecule has 3 heteroatoms. The van der Waals surface area contributed by atoms with Crippen LogP contribution in [-0.4, -0.2) is 18.2 Å². The minimum Gasteiger partial charge on any atom is -0.444 e. The van der Waals surface area contributed by atoms with Crippen molar-refractivity contribution < 1.29 is 9.53 Å². The van der Waals surface area contributed by atoms with Crippen molar-refractivity contribution in [1.82, 2.24) is 5.32 Å². The van der Waals surface area contributed by atoms with Crippen molar-refractivity contribution in [3.05, 3.63) is 0 Å². The lowest BCUT2D eigenvalue weighted by Gasteiger charge is -2.21. The van der Waals surface area contributed by atoms with E-state index >= 15 is 0 Å². The molecule has 1 aliphatic heterocycles. The van der Waals surface area contributed by atoms with E-state index in [1.807, 2.05) is 0 Å². The number of nitrogens with one attached hydrogen (secondary N) is 1. The minimum atomic E-state index is -0.225. The Morgan fingerprint density at radius 2 is 2.20 bits per heavy atom. The molecule has 1 saturated heterocycles. The summed E-state index contributed by atoms with van der Waals surface area (Å²) in [7, 11) is 0. The molecule has 0 aromatic rings. The molecule has 1 N–H and O–H groups in total. The highest BCUT2D eigenvalue weighted by Gasteiger charge is 2.35. The van der Waals surface area contributed by atoms with Crippen molar-refractivity contribution in [2.75, 3.05) is 0 Å². The fourth-order valence-electron chi connectivity index (χ4n) is 1.73. The molecule has 3 nitrogen and oxygen atoms in total. The van der Waals surface area contributed by atoms with E-state index in [1.54, 1.807) is 0 Å². The van der Waals surface area contributed by atoms with Gasteiger partial charge >= 0.3 is 6.09 Å². The van der Waals surface area contributed by atoms with Crippen LogP contribution < -0.4 is 5.32 Å². The van der Waals surface area contributed by atoms with Crippen LogP contribution in [0.5, 0.6) is 0 Å². The second kappa shape index (κ2) is 2.15. The van der Waals surface area contributed by atoms with Crippen LogP contribution in [0.3, 0.4) is 0 Å². The maximum atomic E-state index is 10.7. The fourth-order valence-corrected chi connectivity index (χ4v) is 1.73. The summed E-state index contributed by atoms with van der Waals surface area (Å²) in [6, 6.07) is 0.321. The quantitative estimate of drug-likeness (QED) is 0.547. The topological polar surface area (TPSA) is 38.3 Å². The van der Waals surface area contributed by atoms with Crippen molar-refractivity contribution in [3.8, 4) is 0 Å². The van der Waals surface area contributed by atoms with Gasteiger partial charge in [0, 0.05) is 0 Å². The van der Waals surface area contributed by atoms with E-state index in [4.69, 9.17) is 4.74 Å². The Morgan fingerprint density at radius 1 is 1.40 bits per heavy atom. The summed E-state index contributed by atoms with van der Waals surface area (Å²) in [5.41, 5.74) is 0. The number of hydrogen-bond acceptors (Lipinski definition) is 2. The summed E-state index contributed by atoms with van der Waals surface area (Å²) >= 11 is 0. The third-order valence-corrected chi connectivity index (χ3v) is 2.26. The first-order chi connectivity index (χ1) is 4.86. The smallest absolute Gasteiger partial charge is 0.407 e. The Morgan fingerprint density at radius 3 is 3.00 bits per heavy atom. The van der Waals surface area contributed by atoms with Gasteiger partial charge in [0.25, 0.3) is 0 Å². The molecule has 1 aliphatic carbocycles. The average Bonchev–Trinajstić information content (AvgIpc) is 2.27. The highest BCUT2D eigenvalue weighted by atomic mass is 16.6. The number of rotatable bonds is 0. The molecular formula is C7H11NO2. The van der Waals surface area contributed by atoms with Gasteiger partial charge in [-0.1, -0.05) is 6.42 Å². The Bertz CT molecular complexity index is 142. The SMILES string of the molecule is O=C1N[C@@H]2CCCC[C@@H]2O1. The summed E-state index contributed by atoms with van der Waals surface area (Å²) < 4.78 is 5.02. The average molecular weight is 141 g/mol. The summed E-state index contributed by atoms with van der Waals surface area (Å²) in [6.07, 6.45) is 4.53. The molecule has 2 atom stereocenters. The third kappa shape index (κ3) is 0.856. The van der Waals surface area contributed by atoms with Gasteiger partial charge in [0.05, 0.1) is 6.04 Å². The zero-order chi connectivity index (χ0) is 6.97. The van der Waals surface area contributed by atoms with Gasteiger partial charge in [-0.05, 0) is 19.3 Å². The lowest BCUT2D eigenvalue weighted by Crippen LogP contribution is -2.33. The van der Waals surface area contributed by atoms with Gasteiger partial charge in [0.2, 0.25) is 0 Å². The van der Waals surface area contributed by atoms with E-state index in [1.165, 1.54) is 12.8 Å². The van der Waals surface area contributed by atoms with E-state index < -0.39 is 0 Å². The van der Waals surface area contributed by atoms with Crippen LogP contribution in [0.4, 0.5) is 4.79 Å². The van der Waals surface area contributed by atoms with Crippen LogP contribution in [0.15, 0.2) is 0 Å². The number of amides is 1. The first-order valence-corrected chi connectivity index (χ1v) is 3.83. The molecule has 0 spiro atoms. The number of hydrogen-bond donors (Lipinski definition) is 1. The number of fused-ring (bicyclic) bond motifs is 1. The van der Waals surface area contributed by atoms with Crippen LogP contribution in [0.1, 0.15) is 25.7 Å². The van der Waals surface area contributed by atoms with Crippen LogP contribution >= 0.6 is 0 Å². The molecule has 56 valence electrons. The molecule has 2 rings (SSSR count). The molecule has 2 aliphatic rings. The van der Waals surface area contributed by atoms with Gasteiger partial charge in [-0.2, -0.15) is 0 Å². The summed E-state index contributed by atoms with van der Waals surface area (Å²) in [6.45, 7) is 0. The van der Waals surface area contributed by atoms with Crippen LogP contribution in [0.25, 0.3) is 0 Å². The fraction of sp³-hybridized carbons (Fsp3) is 0.857. The first-order valence-electron chi connectivity index (χ1n) is 3.83. The molecule has 1 amide bonds. The van der Waals surface area contributed by atoms with Crippen LogP contribution in [0.2, 0.25) is 0 Å². The number of ether oxygens (including phenoxy) is 1. The number of carbonyl (C=O) groups is 1. The maximum absolute atomic E-state index is 10.7. The minimum absolute atomic E-state index is 0.182. The zero-order valence-corrected chi connectivity index (χ0v) is 5.80. The predicted molar refractivity (Wildman–Crippen MR) is 35.7 cm³/mol. The molecule has 1 saturated carbocycles. The van der Waals surface area contributed by atoms with Gasteiger partial charge in [0.1, 0.15) is 6.10 Å². The van der Waals surface area contributed by atoms with Crippen molar-refractivity contribution in [2.24, 2.45) is 0 Å². The van der Waals surface area contributed by atoms with Gasteiger partial charge in [-0.3, -0.25) is 0 Å². The Balaban J connectivity index is 2.04. The van der Waals surface area contributed by atoms with Gasteiger partial charge in [0.15, 0.2) is 0 Å². The normalized spacial score (nSPS) is 38.2. The standard InChI is InChI=1S/C7H11NO2/c9-7-8-5-3-1-2-4-6(5)10-7/h5-6H,1-4H2,(H,8,9)/t5-,6+/m1/s1. The monoisotopic (exact) mass is 141 g/mol. The van der Waals surface area contributed by atoms with Gasteiger partial charge in [-0.15, -0.1) is 0 Å². The largest absolute Gasteiger partial charge is 0.444 e. The van der Waals surface area contributed by atoms with E-state index in [0.29, 0.717) is 6.04 Å². The van der Waals surface area contributed by atoms with E-state index in [2.05, 4.69) is 5.32 Å². The second-order valence-corrected chi connectivity index (χ2v) is 2.98. The highest BCUT2D eigenvalue weighted by molar-refractivity contribution is 5.70. The van der Waals surface area contributed by atoms with Crippen molar-refractivity contribution in [2.45, 2.75) is 37.8 Å². The summed E-state index contributed by atoms with van der Waals surface area (Å²) in [5, 5.41) is 2.79. The number of carbonyl (C=O) groups excluding carboxylic acids is 1. The predicted octanol–water partition coefficient (Wildman–Crippen LogP) is 1.04. The molecule has 0 unspecified atom stereocenters. The molecule has 0 bridgehead atoms. The lowest BCUT2D eigenvalue weighted by molar-refractivity contribution is 0.113. The van der Waals surface area contributed by atoms with Gasteiger partial charge < -0.3 is 10.1 Å². The first kappa shape index (κ1) is 6.01. The Kier molecular flexibility index (Phi) is 1.29. The lowest BCUT2D eigenvalue weighted by atomic mass is 9.93. The van der Waals surface area contributed by atoms with E-state index in [9.17, 15) is 4.79 Å². The molecule has 2 fully saturated rings. The van der Waals surface area contributed by atoms with Crippen molar-refractivity contribution >= 4 is 6.09 Å². The zero-order valence-electron chi connectivity index (χ0n) is 5.80. The maximum Gasteiger partial charge on any atom is 0.407 e. The molecule has 0 aromatic carbocycles. The molecule has 10 heavy (non-hydrogen) atoms. The van der Waals surface area contributed by atoms with Gasteiger partial charge in [-0.25, -0.2) is 4.79 Å². The van der Waals surface area contributed by atoms with Crippen LogP contribution in [0, 0.1) is 0 Å². The van der Waals surface area contributed by atoms with Crippen LogP contribution in [-0.2, 0) is 4.74 Å². The van der Waals surface area contributed by atoms with E-state index in [0.717, 1.165) is 12.8 Å². The second-order valence-electron chi connectivity index (χ2n) is 2.98. The third-order valence-electron chi connectivity index (χ3n) is 2.26. The van der Waals surface area contributed by atoms with Crippen molar-refractivity contribution in [1.29, 1.82) is 0 Å². The molecule has 0 radical (unpaired) electrons. The Hall–Kier alpha value is -0.730. The Labute approximate surface area is 59.7 Å². The highest BCUT2D eigenvalue weighted by Crippen LogP contribution is 2.24. The van der Waals surface area contributed by atoms with Crippen molar-refractivity contribution in [3.63, 3.8) is 0 Å². The molecule has 0 aromatic heterocycles. The molecule has 1 heterocycles. The summed E-state index contributed by atoms with van der Waals surface area (Å²) in [5.74, 6) is 0. The van der Waals surface area contributed by atoms with E-state index in [-0.39, 0.29) is 12.2 Å². The number of alkyl carbamates (subject to hydrolysis) is 1.